The molecule has 0 aliphatic heterocycles. The summed E-state index contributed by atoms with van der Waals surface area (Å²) in [5.74, 6) is 1.96. The highest BCUT2D eigenvalue weighted by Gasteiger charge is 2.23. The fourth-order valence-corrected chi connectivity index (χ4v) is 7.82. The molecule has 6 heteroatoms. The number of hydrogen-bond donors (Lipinski definition) is 2. The molecule has 0 fully saturated rings. The van der Waals surface area contributed by atoms with Crippen molar-refractivity contribution in [1.82, 2.24) is 19.9 Å². The first-order valence-corrected chi connectivity index (χ1v) is 13.2. The van der Waals surface area contributed by atoms with Crippen molar-refractivity contribution in [2.45, 2.75) is 26.7 Å². The molecule has 0 saturated heterocycles. The lowest BCUT2D eigenvalue weighted by atomic mass is 9.91. The smallest absolute Gasteiger partial charge is 0.104 e. The third kappa shape index (κ3) is 2.47. The molecule has 0 spiro atoms. The molecule has 0 saturated carbocycles. The number of aryl methyl sites for hydroxylation is 4. The monoisotopic (exact) mass is 476 g/mol. The van der Waals surface area contributed by atoms with Crippen molar-refractivity contribution in [1.29, 1.82) is 0 Å². The van der Waals surface area contributed by atoms with Crippen LogP contribution in [0.4, 0.5) is 0 Å². The Hall–Kier alpha value is -3.48. The van der Waals surface area contributed by atoms with Gasteiger partial charge in [0.15, 0.2) is 0 Å². The molecule has 3 aromatic carbocycles. The van der Waals surface area contributed by atoms with E-state index in [1.165, 1.54) is 58.2 Å². The topological polar surface area (TPSA) is 57.4 Å². The number of nitrogens with zero attached hydrogens (tertiary/aromatic N) is 2. The van der Waals surface area contributed by atoms with Crippen LogP contribution in [0.3, 0.4) is 0 Å². The summed E-state index contributed by atoms with van der Waals surface area (Å²) in [4.78, 5) is 17.8. The first-order chi connectivity index (χ1) is 16.6. The third-order valence-electron chi connectivity index (χ3n) is 7.13. The van der Waals surface area contributed by atoms with E-state index in [4.69, 9.17) is 9.97 Å². The van der Waals surface area contributed by atoms with E-state index in [9.17, 15) is 0 Å². The van der Waals surface area contributed by atoms with E-state index >= 15 is 0 Å². The molecule has 4 nitrogen and oxygen atoms in total. The van der Waals surface area contributed by atoms with E-state index in [-0.39, 0.29) is 0 Å². The maximum atomic E-state index is 4.79. The standard InChI is InChI=1S/C28H20N4S2/c1-13-29-22-8-7-19-17(24(22)30-13)6-4-16-12-23(34-27(16)19)15-3-5-18-21(11-15)28-20(9-10-33-28)26-25(18)31-14(2)32-26/h3-6,9-12H,7-8H2,1-2H3,(H,29,30)(H,31,32). The first-order valence-electron chi connectivity index (χ1n) is 11.5. The average Bonchev–Trinajstić information content (AvgIpc) is 3.61. The Morgan fingerprint density at radius 2 is 1.74 bits per heavy atom. The van der Waals surface area contributed by atoms with Gasteiger partial charge in [0.05, 0.1) is 16.7 Å². The van der Waals surface area contributed by atoms with Crippen molar-refractivity contribution >= 4 is 64.7 Å². The molecule has 164 valence electrons. The molecule has 0 amide bonds. The van der Waals surface area contributed by atoms with Crippen LogP contribution in [0, 0.1) is 13.8 Å². The van der Waals surface area contributed by atoms with Gasteiger partial charge in [-0.15, -0.1) is 22.7 Å². The van der Waals surface area contributed by atoms with Crippen LogP contribution in [0.5, 0.6) is 0 Å². The number of benzene rings is 3. The van der Waals surface area contributed by atoms with Gasteiger partial charge in [-0.25, -0.2) is 9.97 Å². The molecule has 1 aliphatic rings. The van der Waals surface area contributed by atoms with Gasteiger partial charge in [0.25, 0.3) is 0 Å². The second kappa shape index (κ2) is 6.56. The van der Waals surface area contributed by atoms with Crippen molar-refractivity contribution < 1.29 is 0 Å². The molecule has 0 unspecified atom stereocenters. The molecule has 1 aliphatic carbocycles. The van der Waals surface area contributed by atoms with Crippen LogP contribution in [-0.4, -0.2) is 19.9 Å². The predicted molar refractivity (Wildman–Crippen MR) is 144 cm³/mol. The molecule has 4 aromatic heterocycles. The van der Waals surface area contributed by atoms with Crippen molar-refractivity contribution in [2.75, 3.05) is 0 Å². The second-order valence-electron chi connectivity index (χ2n) is 9.24. The molecule has 0 bridgehead atoms. The van der Waals surface area contributed by atoms with Crippen molar-refractivity contribution in [3.8, 4) is 21.7 Å². The van der Waals surface area contributed by atoms with Gasteiger partial charge in [-0.1, -0.05) is 24.3 Å². The highest BCUT2D eigenvalue weighted by Crippen LogP contribution is 2.44. The summed E-state index contributed by atoms with van der Waals surface area (Å²) < 4.78 is 2.72. The summed E-state index contributed by atoms with van der Waals surface area (Å²) in [6.07, 6.45) is 2.09. The highest BCUT2D eigenvalue weighted by atomic mass is 32.1. The number of thiophene rings is 2. The van der Waals surface area contributed by atoms with Gasteiger partial charge in [0.2, 0.25) is 0 Å². The molecular weight excluding hydrogens is 456 g/mol. The van der Waals surface area contributed by atoms with E-state index in [1.54, 1.807) is 11.3 Å². The van der Waals surface area contributed by atoms with Gasteiger partial charge in [-0.05, 0) is 66.8 Å². The SMILES string of the molecule is Cc1nc2c([nH]1)CCc1c-2ccc2cc(-c3ccc4c(c3)c3sccc3c3nc(C)[nH]c43)sc12. The molecule has 4 heterocycles. The van der Waals surface area contributed by atoms with Gasteiger partial charge in [-0.3, -0.25) is 0 Å². The Balaban J connectivity index is 1.35. The molecule has 0 atom stereocenters. The van der Waals surface area contributed by atoms with Crippen molar-refractivity contribution in [3.63, 3.8) is 0 Å². The fraction of sp³-hybridized carbons (Fsp3) is 0.143. The Morgan fingerprint density at radius 3 is 2.68 bits per heavy atom. The Kier molecular flexibility index (Phi) is 3.64. The van der Waals surface area contributed by atoms with Crippen LogP contribution < -0.4 is 0 Å². The molecule has 34 heavy (non-hydrogen) atoms. The maximum Gasteiger partial charge on any atom is 0.104 e. The zero-order valence-electron chi connectivity index (χ0n) is 18.7. The Bertz CT molecular complexity index is 1950. The normalized spacial score (nSPS) is 13.4. The lowest BCUT2D eigenvalue weighted by Gasteiger charge is -2.15. The van der Waals surface area contributed by atoms with Gasteiger partial charge in [0.1, 0.15) is 11.6 Å². The minimum absolute atomic E-state index is 0.962. The lowest BCUT2D eigenvalue weighted by molar-refractivity contribution is 0.913. The second-order valence-corrected chi connectivity index (χ2v) is 11.2. The molecule has 7 aromatic rings. The van der Waals surface area contributed by atoms with Crippen LogP contribution in [0.25, 0.3) is 63.7 Å². The highest BCUT2D eigenvalue weighted by molar-refractivity contribution is 7.22. The lowest BCUT2D eigenvalue weighted by Crippen LogP contribution is -2.03. The summed E-state index contributed by atoms with van der Waals surface area (Å²) >= 11 is 3.72. The number of aromatic nitrogens is 4. The molecule has 0 radical (unpaired) electrons. The van der Waals surface area contributed by atoms with E-state index < -0.39 is 0 Å². The van der Waals surface area contributed by atoms with Crippen molar-refractivity contribution in [3.05, 3.63) is 70.8 Å². The average molecular weight is 477 g/mol. The molecular formula is C28H20N4S2. The number of H-pyrrole nitrogens is 2. The summed E-state index contributed by atoms with van der Waals surface area (Å²) in [5.41, 5.74) is 8.65. The largest absolute Gasteiger partial charge is 0.346 e. The summed E-state index contributed by atoms with van der Waals surface area (Å²) in [7, 11) is 0. The zero-order valence-corrected chi connectivity index (χ0v) is 20.4. The van der Waals surface area contributed by atoms with Gasteiger partial charge < -0.3 is 9.97 Å². The third-order valence-corrected chi connectivity index (χ3v) is 9.33. The van der Waals surface area contributed by atoms with E-state index in [0.717, 1.165) is 41.2 Å². The molecule has 2 N–H and O–H groups in total. The fourth-order valence-electron chi connectivity index (χ4n) is 5.66. The van der Waals surface area contributed by atoms with Gasteiger partial charge >= 0.3 is 0 Å². The quantitative estimate of drug-likeness (QED) is 0.253. The van der Waals surface area contributed by atoms with E-state index in [2.05, 4.69) is 57.8 Å². The van der Waals surface area contributed by atoms with Gasteiger partial charge in [0, 0.05) is 41.7 Å². The van der Waals surface area contributed by atoms with Crippen LogP contribution >= 0.6 is 22.7 Å². The van der Waals surface area contributed by atoms with E-state index in [1.807, 2.05) is 25.2 Å². The summed E-state index contributed by atoms with van der Waals surface area (Å²) in [5, 5.41) is 7.29. The number of rotatable bonds is 1. The number of nitrogens with one attached hydrogen (secondary N) is 2. The van der Waals surface area contributed by atoms with E-state index in [0.29, 0.717) is 0 Å². The first kappa shape index (κ1) is 18.9. The summed E-state index contributed by atoms with van der Waals surface area (Å²) in [6.45, 7) is 4.08. The van der Waals surface area contributed by atoms with Crippen LogP contribution in [0.1, 0.15) is 22.9 Å². The number of aromatic amines is 2. The van der Waals surface area contributed by atoms with Crippen molar-refractivity contribution in [2.24, 2.45) is 0 Å². The Labute approximate surface area is 203 Å². The number of imidazole rings is 2. The minimum Gasteiger partial charge on any atom is -0.346 e. The summed E-state index contributed by atoms with van der Waals surface area (Å²) in [6, 6.07) is 16.0. The van der Waals surface area contributed by atoms with Gasteiger partial charge in [-0.2, -0.15) is 0 Å². The van der Waals surface area contributed by atoms with Crippen LogP contribution in [-0.2, 0) is 12.8 Å². The minimum atomic E-state index is 0.962. The Morgan fingerprint density at radius 1 is 0.824 bits per heavy atom. The predicted octanol–water partition coefficient (Wildman–Crippen LogP) is 7.92. The molecule has 8 rings (SSSR count). The van der Waals surface area contributed by atoms with Crippen LogP contribution in [0.2, 0.25) is 0 Å². The number of hydrogen-bond acceptors (Lipinski definition) is 4. The zero-order chi connectivity index (χ0) is 22.6. The van der Waals surface area contributed by atoms with Crippen LogP contribution in [0.15, 0.2) is 47.8 Å². The maximum absolute atomic E-state index is 4.79. The number of fused-ring (bicyclic) bond motifs is 11.